The van der Waals surface area contributed by atoms with Gasteiger partial charge in [-0.1, -0.05) is 20.3 Å². The number of nitrogens with one attached hydrogen (secondary N) is 2. The third kappa shape index (κ3) is 4.42. The summed E-state index contributed by atoms with van der Waals surface area (Å²) >= 11 is 0. The van der Waals surface area contributed by atoms with Crippen molar-refractivity contribution in [3.63, 3.8) is 0 Å². The monoisotopic (exact) mass is 271 g/mol. The van der Waals surface area contributed by atoms with Crippen LogP contribution in [0.1, 0.15) is 26.7 Å². The highest BCUT2D eigenvalue weighted by Gasteiger charge is 2.28. The van der Waals surface area contributed by atoms with Gasteiger partial charge in [0.15, 0.2) is 0 Å². The van der Waals surface area contributed by atoms with Gasteiger partial charge in [-0.3, -0.25) is 4.79 Å². The lowest BCUT2D eigenvalue weighted by molar-refractivity contribution is -0.140. The second kappa shape index (κ2) is 6.96. The van der Waals surface area contributed by atoms with Crippen LogP contribution >= 0.6 is 0 Å². The number of rotatable bonds is 4. The Balaban J connectivity index is 2.65. The Bertz CT molecular complexity index is 359. The molecule has 0 bridgehead atoms. The van der Waals surface area contributed by atoms with Crippen molar-refractivity contribution in [2.45, 2.75) is 32.7 Å². The van der Waals surface area contributed by atoms with E-state index in [1.807, 2.05) is 6.92 Å². The summed E-state index contributed by atoms with van der Waals surface area (Å²) in [7, 11) is 0. The van der Waals surface area contributed by atoms with E-state index in [4.69, 9.17) is 5.11 Å². The Labute approximate surface area is 112 Å². The fraction of sp³-hybridized carbons (Fsp3) is 0.750. The average molecular weight is 271 g/mol. The molecule has 1 aliphatic heterocycles. The first-order valence-electron chi connectivity index (χ1n) is 6.50. The van der Waals surface area contributed by atoms with E-state index in [0.29, 0.717) is 25.9 Å². The molecule has 7 nitrogen and oxygen atoms in total. The minimum Gasteiger partial charge on any atom is -0.480 e. The number of carbonyl (C=O) groups is 3. The highest BCUT2D eigenvalue weighted by Crippen LogP contribution is 2.09. The number of amides is 3. The molecule has 2 unspecified atom stereocenters. The minimum atomic E-state index is -1.05. The zero-order valence-corrected chi connectivity index (χ0v) is 11.3. The van der Waals surface area contributed by atoms with E-state index in [1.165, 1.54) is 4.90 Å². The summed E-state index contributed by atoms with van der Waals surface area (Å²) in [5.41, 5.74) is 0. The van der Waals surface area contributed by atoms with Crippen LogP contribution in [0, 0.1) is 5.92 Å². The zero-order chi connectivity index (χ0) is 14.4. The Morgan fingerprint density at radius 2 is 2.21 bits per heavy atom. The van der Waals surface area contributed by atoms with Gasteiger partial charge in [-0.05, 0) is 12.3 Å². The lowest BCUT2D eigenvalue weighted by atomic mass is 9.99. The normalized spacial score (nSPS) is 19.1. The molecule has 1 rings (SSSR count). The first-order chi connectivity index (χ1) is 8.95. The molecule has 0 aromatic heterocycles. The van der Waals surface area contributed by atoms with Crippen molar-refractivity contribution in [2.75, 3.05) is 19.6 Å². The highest BCUT2D eigenvalue weighted by atomic mass is 16.4. The Hall–Kier alpha value is -1.79. The SMILES string of the molecule is CCC(C)C(NC(=O)N1CCCNC(=O)C1)C(=O)O. The molecule has 0 saturated carbocycles. The predicted molar refractivity (Wildman–Crippen MR) is 68.6 cm³/mol. The zero-order valence-electron chi connectivity index (χ0n) is 11.3. The van der Waals surface area contributed by atoms with Gasteiger partial charge in [0.1, 0.15) is 12.6 Å². The third-order valence-corrected chi connectivity index (χ3v) is 3.31. The second-order valence-electron chi connectivity index (χ2n) is 4.78. The molecule has 3 amide bonds. The van der Waals surface area contributed by atoms with E-state index in [0.717, 1.165) is 0 Å². The Kier molecular flexibility index (Phi) is 5.59. The maximum absolute atomic E-state index is 12.0. The Morgan fingerprint density at radius 1 is 1.53 bits per heavy atom. The number of carbonyl (C=O) groups excluding carboxylic acids is 2. The van der Waals surface area contributed by atoms with Gasteiger partial charge < -0.3 is 20.6 Å². The van der Waals surface area contributed by atoms with Crippen molar-refractivity contribution >= 4 is 17.9 Å². The molecule has 0 aliphatic carbocycles. The molecule has 0 aromatic rings. The average Bonchev–Trinajstić information content (AvgIpc) is 2.59. The van der Waals surface area contributed by atoms with Crippen molar-refractivity contribution < 1.29 is 19.5 Å². The molecule has 3 N–H and O–H groups in total. The summed E-state index contributed by atoms with van der Waals surface area (Å²) in [6, 6.07) is -1.42. The molecule has 1 saturated heterocycles. The van der Waals surface area contributed by atoms with Gasteiger partial charge in [-0.15, -0.1) is 0 Å². The first kappa shape index (κ1) is 15.3. The molecule has 2 atom stereocenters. The minimum absolute atomic E-state index is 0.0291. The van der Waals surface area contributed by atoms with Gasteiger partial charge in [0.25, 0.3) is 0 Å². The molecule has 7 heteroatoms. The molecule has 1 fully saturated rings. The van der Waals surface area contributed by atoms with Gasteiger partial charge in [0.05, 0.1) is 0 Å². The van der Waals surface area contributed by atoms with E-state index in [-0.39, 0.29) is 18.4 Å². The van der Waals surface area contributed by atoms with Crippen LogP contribution in [0.4, 0.5) is 4.79 Å². The molecule has 0 radical (unpaired) electrons. The summed E-state index contributed by atoms with van der Waals surface area (Å²) in [5, 5.41) is 14.3. The van der Waals surface area contributed by atoms with Crippen LogP contribution in [0.5, 0.6) is 0 Å². The third-order valence-electron chi connectivity index (χ3n) is 3.31. The summed E-state index contributed by atoms with van der Waals surface area (Å²) in [4.78, 5) is 35.8. The van der Waals surface area contributed by atoms with Crippen LogP contribution in [0.2, 0.25) is 0 Å². The molecule has 19 heavy (non-hydrogen) atoms. The van der Waals surface area contributed by atoms with Crippen LogP contribution in [0.15, 0.2) is 0 Å². The number of carboxylic acid groups (broad SMARTS) is 1. The number of aliphatic carboxylic acids is 1. The predicted octanol–water partition coefficient (Wildman–Crippen LogP) is 0.0172. The number of hydrogen-bond acceptors (Lipinski definition) is 3. The first-order valence-corrected chi connectivity index (χ1v) is 6.50. The van der Waals surface area contributed by atoms with E-state index in [2.05, 4.69) is 10.6 Å². The van der Waals surface area contributed by atoms with Crippen molar-refractivity contribution in [2.24, 2.45) is 5.92 Å². The van der Waals surface area contributed by atoms with Gasteiger partial charge >= 0.3 is 12.0 Å². The molecular weight excluding hydrogens is 250 g/mol. The maximum atomic E-state index is 12.0. The lowest BCUT2D eigenvalue weighted by Crippen LogP contribution is -2.51. The molecule has 1 aliphatic rings. The quantitative estimate of drug-likeness (QED) is 0.671. The largest absolute Gasteiger partial charge is 0.480 e. The smallest absolute Gasteiger partial charge is 0.326 e. The van der Waals surface area contributed by atoms with Crippen molar-refractivity contribution in [1.82, 2.24) is 15.5 Å². The van der Waals surface area contributed by atoms with Crippen molar-refractivity contribution in [3.05, 3.63) is 0 Å². The van der Waals surface area contributed by atoms with Crippen LogP contribution in [-0.2, 0) is 9.59 Å². The molecule has 108 valence electrons. The maximum Gasteiger partial charge on any atom is 0.326 e. The summed E-state index contributed by atoms with van der Waals surface area (Å²) < 4.78 is 0. The van der Waals surface area contributed by atoms with Crippen molar-refractivity contribution in [3.8, 4) is 0 Å². The van der Waals surface area contributed by atoms with Gasteiger partial charge in [0, 0.05) is 13.1 Å². The van der Waals surface area contributed by atoms with Gasteiger partial charge in [-0.25, -0.2) is 9.59 Å². The van der Waals surface area contributed by atoms with E-state index in [1.54, 1.807) is 6.92 Å². The molecular formula is C12H21N3O4. The summed E-state index contributed by atoms with van der Waals surface area (Å²) in [5.74, 6) is -1.44. The van der Waals surface area contributed by atoms with E-state index < -0.39 is 18.0 Å². The number of nitrogens with zero attached hydrogens (tertiary/aromatic N) is 1. The standard InChI is InChI=1S/C12H21N3O4/c1-3-8(2)10(11(17)18)14-12(19)15-6-4-5-13-9(16)7-15/h8,10H,3-7H2,1-2H3,(H,13,16)(H,14,19)(H,17,18). The van der Waals surface area contributed by atoms with Crippen LogP contribution in [0.25, 0.3) is 0 Å². The van der Waals surface area contributed by atoms with Crippen LogP contribution < -0.4 is 10.6 Å². The van der Waals surface area contributed by atoms with Gasteiger partial charge in [0.2, 0.25) is 5.91 Å². The van der Waals surface area contributed by atoms with Crippen molar-refractivity contribution in [1.29, 1.82) is 0 Å². The molecule has 0 spiro atoms. The number of carboxylic acids is 1. The number of urea groups is 1. The fourth-order valence-corrected chi connectivity index (χ4v) is 1.89. The summed E-state index contributed by atoms with van der Waals surface area (Å²) in [6.45, 7) is 4.59. The second-order valence-corrected chi connectivity index (χ2v) is 4.78. The highest BCUT2D eigenvalue weighted by molar-refractivity contribution is 5.87. The molecule has 0 aromatic carbocycles. The van der Waals surface area contributed by atoms with E-state index in [9.17, 15) is 14.4 Å². The van der Waals surface area contributed by atoms with E-state index >= 15 is 0 Å². The van der Waals surface area contributed by atoms with Crippen LogP contribution in [0.3, 0.4) is 0 Å². The number of hydrogen-bond donors (Lipinski definition) is 3. The Morgan fingerprint density at radius 3 is 2.79 bits per heavy atom. The lowest BCUT2D eigenvalue weighted by Gasteiger charge is -2.25. The fourth-order valence-electron chi connectivity index (χ4n) is 1.89. The summed E-state index contributed by atoms with van der Waals surface area (Å²) in [6.07, 6.45) is 1.32. The van der Waals surface area contributed by atoms with Gasteiger partial charge in [-0.2, -0.15) is 0 Å². The van der Waals surface area contributed by atoms with Crippen LogP contribution in [-0.4, -0.2) is 53.6 Å². The molecule has 1 heterocycles. The topological polar surface area (TPSA) is 98.7 Å².